The van der Waals surface area contributed by atoms with Gasteiger partial charge in [0, 0.05) is 0 Å². The Morgan fingerprint density at radius 2 is 0.875 bits per heavy atom. The van der Waals surface area contributed by atoms with E-state index in [1.54, 1.807) is 0 Å². The van der Waals surface area contributed by atoms with Crippen molar-refractivity contribution in [3.05, 3.63) is 11.1 Å². The first-order valence-electron chi connectivity index (χ1n) is 18.9. The van der Waals surface area contributed by atoms with E-state index in [1.165, 1.54) is 154 Å². The molecule has 0 aromatic carbocycles. The number of hydrogen-bond donors (Lipinski definition) is 0. The maximum Gasteiger partial charge on any atom is -0.000630 e. The Balaban J connectivity index is 7.03. The van der Waals surface area contributed by atoms with Gasteiger partial charge in [-0.15, -0.1) is 0 Å². The molecule has 0 heterocycles. The molecule has 0 bridgehead atoms. The molecule has 0 N–H and O–H groups in total. The lowest BCUT2D eigenvalue weighted by atomic mass is 9.50. The summed E-state index contributed by atoms with van der Waals surface area (Å²) in [5.74, 6) is 1.57. The van der Waals surface area contributed by atoms with Crippen LogP contribution in [0.2, 0.25) is 0 Å². The molecule has 0 amide bonds. The van der Waals surface area contributed by atoms with Crippen LogP contribution in [0.15, 0.2) is 11.1 Å². The fourth-order valence-corrected chi connectivity index (χ4v) is 7.86. The van der Waals surface area contributed by atoms with Crippen LogP contribution >= 0.6 is 0 Å². The Morgan fingerprint density at radius 3 is 1.38 bits per heavy atom. The zero-order valence-electron chi connectivity index (χ0n) is 30.1. The van der Waals surface area contributed by atoms with Crippen LogP contribution in [0.25, 0.3) is 0 Å². The SMILES string of the molecule is CCCCCCCC(=C(CCCCC)CCCCCC)C(CC(C)C)(C(CCCC)CCCCCC)C(C)(C)C. The van der Waals surface area contributed by atoms with Crippen molar-refractivity contribution in [2.24, 2.45) is 22.7 Å². The molecular weight excluding hydrogens is 480 g/mol. The zero-order chi connectivity index (χ0) is 30.3. The summed E-state index contributed by atoms with van der Waals surface area (Å²) in [5.41, 5.74) is 4.55. The van der Waals surface area contributed by atoms with Crippen molar-refractivity contribution in [1.82, 2.24) is 0 Å². The molecule has 0 rings (SSSR count). The highest BCUT2D eigenvalue weighted by Crippen LogP contribution is 2.59. The van der Waals surface area contributed by atoms with Crippen molar-refractivity contribution in [2.45, 2.75) is 223 Å². The normalized spacial score (nSPS) is 15.4. The molecule has 0 aliphatic rings. The van der Waals surface area contributed by atoms with Crippen molar-refractivity contribution in [1.29, 1.82) is 0 Å². The summed E-state index contributed by atoms with van der Waals surface area (Å²) < 4.78 is 0. The summed E-state index contributed by atoms with van der Waals surface area (Å²) in [6.45, 7) is 24.9. The van der Waals surface area contributed by atoms with Crippen molar-refractivity contribution in [2.75, 3.05) is 0 Å². The number of unbranched alkanes of at least 4 members (excludes halogenated alkanes) is 13. The molecule has 0 heteroatoms. The molecule has 0 nitrogen and oxygen atoms in total. The van der Waals surface area contributed by atoms with Crippen LogP contribution in [0.5, 0.6) is 0 Å². The lowest BCUT2D eigenvalue weighted by molar-refractivity contribution is 0.0140. The Labute approximate surface area is 256 Å². The van der Waals surface area contributed by atoms with Crippen LogP contribution in [-0.4, -0.2) is 0 Å². The molecule has 0 saturated carbocycles. The summed E-state index contributed by atoms with van der Waals surface area (Å²) in [6.07, 6.45) is 33.5. The van der Waals surface area contributed by atoms with E-state index in [0.29, 0.717) is 10.8 Å². The van der Waals surface area contributed by atoms with E-state index in [-0.39, 0.29) is 0 Å². The lowest BCUT2D eigenvalue weighted by Crippen LogP contribution is -2.46. The van der Waals surface area contributed by atoms with Gasteiger partial charge in [0.05, 0.1) is 0 Å². The van der Waals surface area contributed by atoms with Gasteiger partial charge >= 0.3 is 0 Å². The second-order valence-electron chi connectivity index (χ2n) is 15.0. The Kier molecular flexibility index (Phi) is 24.1. The molecule has 2 unspecified atom stereocenters. The van der Waals surface area contributed by atoms with Gasteiger partial charge in [0.15, 0.2) is 0 Å². The molecular formula is C40H80. The van der Waals surface area contributed by atoms with Crippen LogP contribution in [0.4, 0.5) is 0 Å². The monoisotopic (exact) mass is 561 g/mol. The quantitative estimate of drug-likeness (QED) is 0.0692. The average Bonchev–Trinajstić information content (AvgIpc) is 2.90. The lowest BCUT2D eigenvalue weighted by Gasteiger charge is -2.55. The van der Waals surface area contributed by atoms with Crippen molar-refractivity contribution < 1.29 is 0 Å². The number of allylic oxidation sites excluding steroid dienone is 2. The Morgan fingerprint density at radius 1 is 0.475 bits per heavy atom. The van der Waals surface area contributed by atoms with Crippen LogP contribution in [-0.2, 0) is 0 Å². The van der Waals surface area contributed by atoms with Gasteiger partial charge in [-0.25, -0.2) is 0 Å². The summed E-state index contributed by atoms with van der Waals surface area (Å²) in [6, 6.07) is 0. The third-order valence-corrected chi connectivity index (χ3v) is 9.99. The van der Waals surface area contributed by atoms with Crippen LogP contribution < -0.4 is 0 Å². The second kappa shape index (κ2) is 24.2. The van der Waals surface area contributed by atoms with Crippen LogP contribution in [0, 0.1) is 22.7 Å². The summed E-state index contributed by atoms with van der Waals surface area (Å²) >= 11 is 0. The largest absolute Gasteiger partial charge is 0.0704 e. The highest BCUT2D eigenvalue weighted by atomic mass is 14.5. The van der Waals surface area contributed by atoms with Gasteiger partial charge in [-0.05, 0) is 80.5 Å². The van der Waals surface area contributed by atoms with Gasteiger partial charge < -0.3 is 0 Å². The van der Waals surface area contributed by atoms with E-state index in [1.807, 2.05) is 11.1 Å². The maximum absolute atomic E-state index is 2.65. The van der Waals surface area contributed by atoms with E-state index in [9.17, 15) is 0 Å². The van der Waals surface area contributed by atoms with Gasteiger partial charge in [-0.1, -0.05) is 177 Å². The van der Waals surface area contributed by atoms with Gasteiger partial charge in [-0.2, -0.15) is 0 Å². The number of hydrogen-bond acceptors (Lipinski definition) is 0. The van der Waals surface area contributed by atoms with Crippen molar-refractivity contribution in [3.63, 3.8) is 0 Å². The third-order valence-electron chi connectivity index (χ3n) is 9.99. The molecule has 0 fully saturated rings. The fraction of sp³-hybridized carbons (Fsp3) is 0.950. The van der Waals surface area contributed by atoms with Gasteiger partial charge in [0.1, 0.15) is 0 Å². The molecule has 0 radical (unpaired) electrons. The summed E-state index contributed by atoms with van der Waals surface area (Å²) in [5, 5.41) is 0. The van der Waals surface area contributed by atoms with E-state index in [4.69, 9.17) is 0 Å². The van der Waals surface area contributed by atoms with Crippen LogP contribution in [0.1, 0.15) is 223 Å². The van der Waals surface area contributed by atoms with E-state index in [0.717, 1.165) is 11.8 Å². The Bertz CT molecular complexity index is 588. The molecule has 0 saturated heterocycles. The first kappa shape index (κ1) is 39.7. The molecule has 0 spiro atoms. The van der Waals surface area contributed by atoms with E-state index < -0.39 is 0 Å². The smallest absolute Gasteiger partial charge is 0.000630 e. The predicted molar refractivity (Wildman–Crippen MR) is 186 cm³/mol. The van der Waals surface area contributed by atoms with Crippen molar-refractivity contribution in [3.8, 4) is 0 Å². The fourth-order valence-electron chi connectivity index (χ4n) is 7.86. The van der Waals surface area contributed by atoms with E-state index >= 15 is 0 Å². The minimum absolute atomic E-state index is 0.290. The topological polar surface area (TPSA) is 0 Å². The molecule has 0 aromatic heterocycles. The standard InChI is InChI=1S/C40H80/c1-11-16-21-24-28-33-38(36(29-25-19-14-4)30-26-22-17-12-2)40(34-35(6)7,39(8,9)10)37(31-20-15-5)32-27-23-18-13-3/h35,37H,11-34H2,1-10H3. The molecule has 240 valence electrons. The van der Waals surface area contributed by atoms with Crippen molar-refractivity contribution >= 4 is 0 Å². The summed E-state index contributed by atoms with van der Waals surface area (Å²) in [4.78, 5) is 0. The van der Waals surface area contributed by atoms with Crippen LogP contribution in [0.3, 0.4) is 0 Å². The van der Waals surface area contributed by atoms with Gasteiger partial charge in [-0.3, -0.25) is 0 Å². The molecule has 0 aromatic rings. The first-order chi connectivity index (χ1) is 19.2. The van der Waals surface area contributed by atoms with Gasteiger partial charge in [0.25, 0.3) is 0 Å². The molecule has 0 aliphatic carbocycles. The first-order valence-corrected chi connectivity index (χ1v) is 18.9. The highest BCUT2D eigenvalue weighted by Gasteiger charge is 2.50. The van der Waals surface area contributed by atoms with E-state index in [2.05, 4.69) is 69.2 Å². The highest BCUT2D eigenvalue weighted by molar-refractivity contribution is 5.27. The molecule has 0 aliphatic heterocycles. The average molecular weight is 561 g/mol. The maximum atomic E-state index is 2.65. The van der Waals surface area contributed by atoms with Gasteiger partial charge in [0.2, 0.25) is 0 Å². The zero-order valence-corrected chi connectivity index (χ0v) is 30.1. The minimum Gasteiger partial charge on any atom is -0.0704 e. The third kappa shape index (κ3) is 15.3. The second-order valence-corrected chi connectivity index (χ2v) is 15.0. The minimum atomic E-state index is 0.290. The number of rotatable bonds is 27. The summed E-state index contributed by atoms with van der Waals surface area (Å²) in [7, 11) is 0. The molecule has 2 atom stereocenters. The molecule has 40 heavy (non-hydrogen) atoms. The Hall–Kier alpha value is -0.260. The predicted octanol–water partition coefficient (Wildman–Crippen LogP) is 15.0.